The van der Waals surface area contributed by atoms with E-state index in [0.717, 1.165) is 47.4 Å². The van der Waals surface area contributed by atoms with E-state index in [1.165, 1.54) is 6.08 Å². The number of nitrogens with one attached hydrogen (secondary N) is 3. The summed E-state index contributed by atoms with van der Waals surface area (Å²) in [4.78, 5) is 23.5. The summed E-state index contributed by atoms with van der Waals surface area (Å²) in [7, 11) is 5.66. The lowest BCUT2D eigenvalue weighted by Gasteiger charge is -2.18. The van der Waals surface area contributed by atoms with Gasteiger partial charge in [0, 0.05) is 41.5 Å². The topological polar surface area (TPSA) is 96.3 Å². The van der Waals surface area contributed by atoms with E-state index < -0.39 is 0 Å². The van der Waals surface area contributed by atoms with Crippen LogP contribution in [0.5, 0.6) is 5.75 Å². The van der Waals surface area contributed by atoms with Crippen LogP contribution in [0.15, 0.2) is 67.5 Å². The van der Waals surface area contributed by atoms with Gasteiger partial charge in [0.2, 0.25) is 11.9 Å². The molecule has 0 fully saturated rings. The number of rotatable bonds is 12. The van der Waals surface area contributed by atoms with Gasteiger partial charge in [-0.25, -0.2) is 9.97 Å². The Bertz CT molecular complexity index is 1520. The highest BCUT2D eigenvalue weighted by Crippen LogP contribution is 2.37. The molecule has 1 amide bonds. The molecule has 0 bridgehead atoms. The number of ether oxygens (including phenoxy) is 1. The quantitative estimate of drug-likeness (QED) is 0.137. The van der Waals surface area contributed by atoms with E-state index in [9.17, 15) is 4.79 Å². The second-order valence-electron chi connectivity index (χ2n) is 9.16. The molecule has 3 N–H and O–H groups in total. The van der Waals surface area contributed by atoms with Crippen molar-refractivity contribution in [2.75, 3.05) is 50.2 Å². The lowest BCUT2D eigenvalue weighted by molar-refractivity contribution is -0.111. The fourth-order valence-electron chi connectivity index (χ4n) is 4.27. The summed E-state index contributed by atoms with van der Waals surface area (Å²) >= 11 is 0. The fraction of sp³-hybridized carbons (Fsp3) is 0.233. The third-order valence-electron chi connectivity index (χ3n) is 6.11. The van der Waals surface area contributed by atoms with Gasteiger partial charge in [-0.1, -0.05) is 30.7 Å². The smallest absolute Gasteiger partial charge is 0.247 e. The minimum Gasteiger partial charge on any atom is -0.494 e. The third kappa shape index (κ3) is 6.55. The molecule has 9 nitrogen and oxygen atoms in total. The summed E-state index contributed by atoms with van der Waals surface area (Å²) in [6.07, 6.45) is 11.5. The van der Waals surface area contributed by atoms with Crippen LogP contribution < -0.4 is 20.7 Å². The van der Waals surface area contributed by atoms with E-state index in [2.05, 4.69) is 44.4 Å². The lowest BCUT2D eigenvalue weighted by Crippen LogP contribution is -2.17. The van der Waals surface area contributed by atoms with Crippen molar-refractivity contribution >= 4 is 39.8 Å². The van der Waals surface area contributed by atoms with Crippen LogP contribution in [0, 0.1) is 12.3 Å². The number of para-hydroxylation sites is 1. The molecule has 2 aromatic carbocycles. The molecule has 4 rings (SSSR count). The number of anilines is 4. The highest BCUT2D eigenvalue weighted by molar-refractivity contribution is 6.02. The summed E-state index contributed by atoms with van der Waals surface area (Å²) in [6.45, 7) is 5.69. The summed E-state index contributed by atoms with van der Waals surface area (Å²) in [5.41, 5.74) is 4.66. The van der Waals surface area contributed by atoms with Crippen molar-refractivity contribution in [2.24, 2.45) is 0 Å². The molecule has 2 aromatic heterocycles. The molecule has 0 spiro atoms. The normalized spacial score (nSPS) is 10.7. The minimum absolute atomic E-state index is 0.316. The van der Waals surface area contributed by atoms with Crippen LogP contribution in [0.25, 0.3) is 22.2 Å². The number of hydrogen-bond donors (Lipinski definition) is 3. The van der Waals surface area contributed by atoms with Crippen LogP contribution in [-0.2, 0) is 11.3 Å². The highest BCUT2D eigenvalue weighted by Gasteiger charge is 2.15. The van der Waals surface area contributed by atoms with Gasteiger partial charge in [0.15, 0.2) is 0 Å². The van der Waals surface area contributed by atoms with Crippen LogP contribution in [0.2, 0.25) is 0 Å². The monoisotopic (exact) mass is 523 g/mol. The Labute approximate surface area is 228 Å². The van der Waals surface area contributed by atoms with Gasteiger partial charge < -0.3 is 30.2 Å². The second kappa shape index (κ2) is 12.6. The first-order valence-corrected chi connectivity index (χ1v) is 12.6. The molecule has 0 unspecified atom stereocenters. The number of aromatic nitrogens is 3. The first kappa shape index (κ1) is 27.2. The number of amides is 1. The molecule has 0 atom stereocenters. The SMILES string of the molecule is C#CCn1cc(-c2ccnc(Nc3cc(NC(=O)C=C)c(NCCCN(C)C)cc3OC)n2)c2ccccc21. The molecule has 0 radical (unpaired) electrons. The van der Waals surface area contributed by atoms with Gasteiger partial charge in [0.1, 0.15) is 5.75 Å². The molecule has 2 heterocycles. The van der Waals surface area contributed by atoms with E-state index in [4.69, 9.17) is 16.1 Å². The Kier molecular flexibility index (Phi) is 8.82. The summed E-state index contributed by atoms with van der Waals surface area (Å²) in [5, 5.41) is 10.6. The molecular weight excluding hydrogens is 490 g/mol. The van der Waals surface area contributed by atoms with E-state index in [-0.39, 0.29) is 5.91 Å². The zero-order valence-corrected chi connectivity index (χ0v) is 22.5. The van der Waals surface area contributed by atoms with Gasteiger partial charge in [0.05, 0.1) is 36.4 Å². The number of carbonyl (C=O) groups is 1. The predicted octanol–water partition coefficient (Wildman–Crippen LogP) is 4.97. The van der Waals surface area contributed by atoms with Crippen LogP contribution in [0.1, 0.15) is 6.42 Å². The summed E-state index contributed by atoms with van der Waals surface area (Å²) in [5.74, 6) is 3.34. The van der Waals surface area contributed by atoms with Gasteiger partial charge in [0.25, 0.3) is 0 Å². The Morgan fingerprint density at radius 3 is 2.77 bits per heavy atom. The Morgan fingerprint density at radius 1 is 1.21 bits per heavy atom. The van der Waals surface area contributed by atoms with Crippen molar-refractivity contribution < 1.29 is 9.53 Å². The summed E-state index contributed by atoms with van der Waals surface area (Å²) < 4.78 is 7.70. The molecule has 0 aliphatic rings. The van der Waals surface area contributed by atoms with Crippen LogP contribution in [-0.4, -0.2) is 59.6 Å². The largest absolute Gasteiger partial charge is 0.494 e. The van der Waals surface area contributed by atoms with Gasteiger partial charge in [-0.05, 0) is 51.3 Å². The number of carbonyl (C=O) groups excluding carboxylic acids is 1. The Hall–Kier alpha value is -4.81. The maximum Gasteiger partial charge on any atom is 0.247 e. The number of nitrogens with zero attached hydrogens (tertiary/aromatic N) is 4. The maximum atomic E-state index is 12.2. The molecular formula is C30H33N7O2. The number of fused-ring (bicyclic) bond motifs is 1. The number of benzene rings is 2. The van der Waals surface area contributed by atoms with Gasteiger partial charge in [-0.3, -0.25) is 4.79 Å². The number of terminal acetylenes is 1. The third-order valence-corrected chi connectivity index (χ3v) is 6.11. The maximum absolute atomic E-state index is 12.2. The van der Waals surface area contributed by atoms with Crippen LogP contribution in [0.4, 0.5) is 23.0 Å². The van der Waals surface area contributed by atoms with Crippen molar-refractivity contribution in [1.29, 1.82) is 0 Å². The van der Waals surface area contributed by atoms with Gasteiger partial charge in [-0.15, -0.1) is 6.42 Å². The zero-order valence-electron chi connectivity index (χ0n) is 22.5. The van der Waals surface area contributed by atoms with E-state index in [1.54, 1.807) is 19.4 Å². The lowest BCUT2D eigenvalue weighted by atomic mass is 10.1. The minimum atomic E-state index is -0.316. The van der Waals surface area contributed by atoms with E-state index in [0.29, 0.717) is 29.6 Å². The standard InChI is InChI=1S/C30H33N7O2/c1-6-16-37-20-22(21-11-8-9-12-27(21)37)23-13-15-32-30(34-23)35-26-18-25(33-29(38)7-2)24(19-28(26)39-5)31-14-10-17-36(3)4/h1,7-9,11-13,15,18-20,31H,2,10,14,16-17H2,3-5H3,(H,33,38)(H,32,34,35). The molecule has 39 heavy (non-hydrogen) atoms. The second-order valence-corrected chi connectivity index (χ2v) is 9.16. The molecule has 0 aliphatic heterocycles. The van der Waals surface area contributed by atoms with Crippen molar-refractivity contribution in [3.05, 3.63) is 67.5 Å². The molecule has 0 saturated carbocycles. The van der Waals surface area contributed by atoms with Crippen molar-refractivity contribution in [1.82, 2.24) is 19.4 Å². The first-order valence-electron chi connectivity index (χ1n) is 12.6. The van der Waals surface area contributed by atoms with E-state index >= 15 is 0 Å². The Balaban J connectivity index is 1.66. The summed E-state index contributed by atoms with van der Waals surface area (Å²) in [6, 6.07) is 13.6. The number of hydrogen-bond acceptors (Lipinski definition) is 7. The van der Waals surface area contributed by atoms with Crippen LogP contribution >= 0.6 is 0 Å². The van der Waals surface area contributed by atoms with E-state index in [1.807, 2.05) is 55.2 Å². The average molecular weight is 524 g/mol. The van der Waals surface area contributed by atoms with Crippen molar-refractivity contribution in [2.45, 2.75) is 13.0 Å². The fourth-order valence-corrected chi connectivity index (χ4v) is 4.27. The van der Waals surface area contributed by atoms with Gasteiger partial charge in [-0.2, -0.15) is 0 Å². The highest BCUT2D eigenvalue weighted by atomic mass is 16.5. The molecule has 0 aliphatic carbocycles. The molecule has 9 heteroatoms. The number of methoxy groups -OCH3 is 1. The first-order chi connectivity index (χ1) is 18.9. The Morgan fingerprint density at radius 2 is 2.03 bits per heavy atom. The average Bonchev–Trinajstić information content (AvgIpc) is 3.30. The molecule has 200 valence electrons. The molecule has 4 aromatic rings. The van der Waals surface area contributed by atoms with Crippen LogP contribution in [0.3, 0.4) is 0 Å². The predicted molar refractivity (Wildman–Crippen MR) is 159 cm³/mol. The van der Waals surface area contributed by atoms with Crippen molar-refractivity contribution in [3.8, 4) is 29.4 Å². The van der Waals surface area contributed by atoms with Crippen molar-refractivity contribution in [3.63, 3.8) is 0 Å². The molecule has 0 saturated heterocycles. The van der Waals surface area contributed by atoms with Gasteiger partial charge >= 0.3 is 0 Å². The zero-order chi connectivity index (χ0) is 27.8.